The summed E-state index contributed by atoms with van der Waals surface area (Å²) < 4.78 is 5.22. The van der Waals surface area contributed by atoms with E-state index in [1.807, 2.05) is 38.1 Å². The molecule has 0 saturated carbocycles. The molecule has 4 nitrogen and oxygen atoms in total. The highest BCUT2D eigenvalue weighted by molar-refractivity contribution is 6.05. The van der Waals surface area contributed by atoms with E-state index in [0.717, 1.165) is 17.9 Å². The highest BCUT2D eigenvalue weighted by Gasteiger charge is 2.18. The Labute approximate surface area is 119 Å². The molecular formula is C16H20N2O2. The van der Waals surface area contributed by atoms with Gasteiger partial charge in [-0.15, -0.1) is 0 Å². The van der Waals surface area contributed by atoms with Gasteiger partial charge >= 0.3 is 0 Å². The Morgan fingerprint density at radius 2 is 1.95 bits per heavy atom. The van der Waals surface area contributed by atoms with Crippen LogP contribution in [0.1, 0.15) is 28.1 Å². The largest absolute Gasteiger partial charge is 0.469 e. The molecule has 0 radical (unpaired) electrons. The van der Waals surface area contributed by atoms with Gasteiger partial charge in [0, 0.05) is 12.2 Å². The predicted molar refractivity (Wildman–Crippen MR) is 80.0 cm³/mol. The molecule has 2 aromatic rings. The van der Waals surface area contributed by atoms with Crippen molar-refractivity contribution in [1.29, 1.82) is 0 Å². The number of nitrogens with two attached hydrogens (primary N) is 1. The van der Waals surface area contributed by atoms with Gasteiger partial charge in [-0.1, -0.05) is 17.7 Å². The normalized spacial score (nSPS) is 10.6. The Balaban J connectivity index is 2.27. The lowest BCUT2D eigenvalue weighted by molar-refractivity contribution is 0.0986. The topological polar surface area (TPSA) is 59.5 Å². The van der Waals surface area contributed by atoms with Crippen LogP contribution >= 0.6 is 0 Å². The Bertz CT molecular complexity index is 572. The summed E-state index contributed by atoms with van der Waals surface area (Å²) in [5.74, 6) is 0.676. The van der Waals surface area contributed by atoms with E-state index in [-0.39, 0.29) is 5.91 Å². The lowest BCUT2D eigenvalue weighted by Gasteiger charge is -2.22. The predicted octanol–water partition coefficient (Wildman–Crippen LogP) is 2.89. The third kappa shape index (κ3) is 3.27. The van der Waals surface area contributed by atoms with Crippen molar-refractivity contribution in [2.24, 2.45) is 5.73 Å². The SMILES string of the molecule is Cc1ccc(N(CCCN)C(=O)c2coc(C)c2)cc1. The minimum absolute atomic E-state index is 0.0563. The Morgan fingerprint density at radius 1 is 1.25 bits per heavy atom. The first-order valence-electron chi connectivity index (χ1n) is 6.75. The minimum atomic E-state index is -0.0563. The van der Waals surface area contributed by atoms with Crippen molar-refractivity contribution in [3.63, 3.8) is 0 Å². The molecule has 1 amide bonds. The zero-order valence-corrected chi connectivity index (χ0v) is 11.9. The van der Waals surface area contributed by atoms with Crippen LogP contribution in [0.2, 0.25) is 0 Å². The number of amides is 1. The van der Waals surface area contributed by atoms with Crippen LogP contribution in [0.15, 0.2) is 41.0 Å². The van der Waals surface area contributed by atoms with Crippen LogP contribution in [-0.2, 0) is 0 Å². The van der Waals surface area contributed by atoms with Gasteiger partial charge in [-0.3, -0.25) is 4.79 Å². The van der Waals surface area contributed by atoms with E-state index in [9.17, 15) is 4.79 Å². The van der Waals surface area contributed by atoms with Gasteiger partial charge in [0.25, 0.3) is 5.91 Å². The Kier molecular flexibility index (Phi) is 4.58. The number of nitrogens with zero attached hydrogens (tertiary/aromatic N) is 1. The van der Waals surface area contributed by atoms with Crippen LogP contribution in [0, 0.1) is 13.8 Å². The number of hydrogen-bond acceptors (Lipinski definition) is 3. The number of furan rings is 1. The number of carbonyl (C=O) groups is 1. The fourth-order valence-electron chi connectivity index (χ4n) is 2.03. The number of carbonyl (C=O) groups excluding carboxylic acids is 1. The number of anilines is 1. The van der Waals surface area contributed by atoms with Gasteiger partial charge in [0.1, 0.15) is 12.0 Å². The third-order valence-corrected chi connectivity index (χ3v) is 3.15. The summed E-state index contributed by atoms with van der Waals surface area (Å²) in [5.41, 5.74) is 8.18. The molecule has 0 spiro atoms. The van der Waals surface area contributed by atoms with Gasteiger partial charge in [-0.05, 0) is 45.0 Å². The van der Waals surface area contributed by atoms with E-state index in [2.05, 4.69) is 0 Å². The first-order chi connectivity index (χ1) is 9.61. The fourth-order valence-corrected chi connectivity index (χ4v) is 2.03. The average molecular weight is 272 g/mol. The minimum Gasteiger partial charge on any atom is -0.469 e. The molecule has 1 aromatic carbocycles. The standard InChI is InChI=1S/C16H20N2O2/c1-12-4-6-15(7-5-12)18(9-3-8-17)16(19)14-10-13(2)20-11-14/h4-7,10-11H,3,8-9,17H2,1-2H3. The average Bonchev–Trinajstić information content (AvgIpc) is 2.87. The van der Waals surface area contributed by atoms with Gasteiger partial charge < -0.3 is 15.1 Å². The van der Waals surface area contributed by atoms with Crippen molar-refractivity contribution >= 4 is 11.6 Å². The van der Waals surface area contributed by atoms with E-state index in [0.29, 0.717) is 18.7 Å². The van der Waals surface area contributed by atoms with Crippen molar-refractivity contribution in [3.8, 4) is 0 Å². The fraction of sp³-hybridized carbons (Fsp3) is 0.312. The zero-order chi connectivity index (χ0) is 14.5. The summed E-state index contributed by atoms with van der Waals surface area (Å²) in [7, 11) is 0. The molecule has 0 fully saturated rings. The van der Waals surface area contributed by atoms with E-state index >= 15 is 0 Å². The molecule has 2 rings (SSSR count). The second-order valence-corrected chi connectivity index (χ2v) is 4.88. The molecule has 2 N–H and O–H groups in total. The van der Waals surface area contributed by atoms with Crippen LogP contribution in [0.4, 0.5) is 5.69 Å². The molecule has 0 saturated heterocycles. The number of hydrogen-bond donors (Lipinski definition) is 1. The van der Waals surface area contributed by atoms with Gasteiger partial charge in [-0.2, -0.15) is 0 Å². The van der Waals surface area contributed by atoms with Crippen molar-refractivity contribution in [1.82, 2.24) is 0 Å². The number of rotatable bonds is 5. The first kappa shape index (κ1) is 14.3. The van der Waals surface area contributed by atoms with E-state index < -0.39 is 0 Å². The third-order valence-electron chi connectivity index (χ3n) is 3.15. The van der Waals surface area contributed by atoms with Crippen LogP contribution < -0.4 is 10.6 Å². The van der Waals surface area contributed by atoms with Crippen molar-refractivity contribution < 1.29 is 9.21 Å². The molecule has 0 aliphatic heterocycles. The lowest BCUT2D eigenvalue weighted by atomic mass is 10.2. The molecule has 0 aliphatic rings. The highest BCUT2D eigenvalue weighted by Crippen LogP contribution is 2.19. The lowest BCUT2D eigenvalue weighted by Crippen LogP contribution is -2.32. The van der Waals surface area contributed by atoms with Gasteiger partial charge in [0.15, 0.2) is 0 Å². The summed E-state index contributed by atoms with van der Waals surface area (Å²) in [6.07, 6.45) is 2.26. The maximum absolute atomic E-state index is 12.6. The van der Waals surface area contributed by atoms with E-state index in [1.165, 1.54) is 11.8 Å². The maximum atomic E-state index is 12.6. The van der Waals surface area contributed by atoms with E-state index in [1.54, 1.807) is 11.0 Å². The van der Waals surface area contributed by atoms with Crippen molar-refractivity contribution in [2.75, 3.05) is 18.0 Å². The highest BCUT2D eigenvalue weighted by atomic mass is 16.3. The molecule has 0 atom stereocenters. The molecule has 4 heteroatoms. The van der Waals surface area contributed by atoms with Crippen LogP contribution in [-0.4, -0.2) is 19.0 Å². The number of benzene rings is 1. The maximum Gasteiger partial charge on any atom is 0.261 e. The molecule has 0 bridgehead atoms. The molecule has 20 heavy (non-hydrogen) atoms. The summed E-state index contributed by atoms with van der Waals surface area (Å²) in [5, 5.41) is 0. The second-order valence-electron chi connectivity index (χ2n) is 4.88. The summed E-state index contributed by atoms with van der Waals surface area (Å²) in [6, 6.07) is 9.66. The van der Waals surface area contributed by atoms with E-state index in [4.69, 9.17) is 10.2 Å². The summed E-state index contributed by atoms with van der Waals surface area (Å²) >= 11 is 0. The molecule has 0 aliphatic carbocycles. The second kappa shape index (κ2) is 6.39. The molecule has 1 heterocycles. The van der Waals surface area contributed by atoms with Gasteiger partial charge in [-0.25, -0.2) is 0 Å². The van der Waals surface area contributed by atoms with Crippen molar-refractivity contribution in [3.05, 3.63) is 53.5 Å². The monoisotopic (exact) mass is 272 g/mol. The van der Waals surface area contributed by atoms with Crippen LogP contribution in [0.3, 0.4) is 0 Å². The smallest absolute Gasteiger partial charge is 0.261 e. The van der Waals surface area contributed by atoms with Crippen LogP contribution in [0.5, 0.6) is 0 Å². The van der Waals surface area contributed by atoms with Gasteiger partial charge in [0.2, 0.25) is 0 Å². The Hall–Kier alpha value is -2.07. The van der Waals surface area contributed by atoms with Crippen molar-refractivity contribution in [2.45, 2.75) is 20.3 Å². The van der Waals surface area contributed by atoms with Crippen LogP contribution in [0.25, 0.3) is 0 Å². The quantitative estimate of drug-likeness (QED) is 0.910. The molecule has 1 aromatic heterocycles. The molecular weight excluding hydrogens is 252 g/mol. The number of aryl methyl sites for hydroxylation is 2. The molecule has 106 valence electrons. The zero-order valence-electron chi connectivity index (χ0n) is 11.9. The molecule has 0 unspecified atom stereocenters. The first-order valence-corrected chi connectivity index (χ1v) is 6.75. The summed E-state index contributed by atoms with van der Waals surface area (Å²) in [6.45, 7) is 5.00. The Morgan fingerprint density at radius 3 is 2.50 bits per heavy atom. The summed E-state index contributed by atoms with van der Waals surface area (Å²) in [4.78, 5) is 14.3. The van der Waals surface area contributed by atoms with Gasteiger partial charge in [0.05, 0.1) is 5.56 Å².